The number of hydrogen-bond acceptors (Lipinski definition) is 2. The summed E-state index contributed by atoms with van der Waals surface area (Å²) in [5.74, 6) is 0.751. The lowest BCUT2D eigenvalue weighted by atomic mass is 10.0. The number of ketones is 1. The molecular formula is C11H15BrOS. The molecule has 14 heavy (non-hydrogen) atoms. The van der Waals surface area contributed by atoms with E-state index in [0.29, 0.717) is 12.3 Å². The fourth-order valence-corrected chi connectivity index (χ4v) is 3.04. The van der Waals surface area contributed by atoms with Crippen LogP contribution in [-0.2, 0) is 0 Å². The molecule has 0 saturated heterocycles. The summed E-state index contributed by atoms with van der Waals surface area (Å²) >= 11 is 5.00. The molecule has 1 aromatic heterocycles. The van der Waals surface area contributed by atoms with Crippen molar-refractivity contribution in [3.05, 3.63) is 20.3 Å². The van der Waals surface area contributed by atoms with Crippen molar-refractivity contribution in [3.63, 3.8) is 0 Å². The predicted molar refractivity (Wildman–Crippen MR) is 65.2 cm³/mol. The molecule has 0 aliphatic carbocycles. The van der Waals surface area contributed by atoms with Gasteiger partial charge in [0.2, 0.25) is 0 Å². The van der Waals surface area contributed by atoms with Crippen LogP contribution < -0.4 is 0 Å². The van der Waals surface area contributed by atoms with Gasteiger partial charge < -0.3 is 0 Å². The van der Waals surface area contributed by atoms with Gasteiger partial charge in [0.1, 0.15) is 0 Å². The van der Waals surface area contributed by atoms with Gasteiger partial charge in [-0.25, -0.2) is 0 Å². The Bertz CT molecular complexity index is 330. The van der Waals surface area contributed by atoms with Crippen LogP contribution in [0, 0.1) is 12.8 Å². The molecule has 0 N–H and O–H groups in total. The molecule has 1 unspecified atom stereocenters. The van der Waals surface area contributed by atoms with Gasteiger partial charge >= 0.3 is 0 Å². The number of aryl methyl sites for hydroxylation is 1. The zero-order valence-electron chi connectivity index (χ0n) is 8.76. The molecule has 0 spiro atoms. The van der Waals surface area contributed by atoms with Crippen LogP contribution in [-0.4, -0.2) is 5.78 Å². The molecule has 0 aliphatic heterocycles. The second kappa shape index (κ2) is 5.08. The van der Waals surface area contributed by atoms with Crippen LogP contribution in [0.1, 0.15) is 41.2 Å². The van der Waals surface area contributed by atoms with Crippen LogP contribution in [0.5, 0.6) is 0 Å². The third-order valence-electron chi connectivity index (χ3n) is 2.29. The molecule has 1 atom stereocenters. The zero-order valence-corrected chi connectivity index (χ0v) is 11.2. The quantitative estimate of drug-likeness (QED) is 0.742. The van der Waals surface area contributed by atoms with E-state index in [9.17, 15) is 4.79 Å². The highest BCUT2D eigenvalue weighted by Crippen LogP contribution is 2.29. The molecule has 0 aliphatic rings. The van der Waals surface area contributed by atoms with Gasteiger partial charge in [0, 0.05) is 15.8 Å². The fourth-order valence-electron chi connectivity index (χ4n) is 1.23. The Labute approximate surface area is 97.7 Å². The van der Waals surface area contributed by atoms with Crippen molar-refractivity contribution in [2.75, 3.05) is 0 Å². The second-order valence-electron chi connectivity index (χ2n) is 3.67. The van der Waals surface area contributed by atoms with E-state index in [0.717, 1.165) is 15.8 Å². The van der Waals surface area contributed by atoms with Crippen molar-refractivity contribution < 1.29 is 4.79 Å². The molecule has 0 radical (unpaired) electrons. The number of thiophene rings is 1. The minimum absolute atomic E-state index is 0.268. The SMILES string of the molecule is CCC(C)CC(=O)c1sc(C)cc1Br. The number of hydrogen-bond donors (Lipinski definition) is 0. The van der Waals surface area contributed by atoms with Crippen molar-refractivity contribution in [1.29, 1.82) is 0 Å². The Morgan fingerprint density at radius 2 is 2.29 bits per heavy atom. The summed E-state index contributed by atoms with van der Waals surface area (Å²) < 4.78 is 0.952. The third kappa shape index (κ3) is 2.92. The Hall–Kier alpha value is -0.150. The molecule has 3 heteroatoms. The first kappa shape index (κ1) is 11.9. The van der Waals surface area contributed by atoms with Gasteiger partial charge in [0.05, 0.1) is 4.88 Å². The lowest BCUT2D eigenvalue weighted by Crippen LogP contribution is -2.03. The molecule has 78 valence electrons. The van der Waals surface area contributed by atoms with Crippen LogP contribution in [0.4, 0.5) is 0 Å². The Morgan fingerprint density at radius 3 is 2.71 bits per heavy atom. The highest BCUT2D eigenvalue weighted by atomic mass is 79.9. The Balaban J connectivity index is 2.74. The van der Waals surface area contributed by atoms with Crippen molar-refractivity contribution in [2.45, 2.75) is 33.6 Å². The Morgan fingerprint density at radius 1 is 1.64 bits per heavy atom. The first-order chi connectivity index (χ1) is 6.54. The summed E-state index contributed by atoms with van der Waals surface area (Å²) in [4.78, 5) is 13.9. The molecular weight excluding hydrogens is 260 g/mol. The lowest BCUT2D eigenvalue weighted by Gasteiger charge is -2.05. The number of halogens is 1. The monoisotopic (exact) mass is 274 g/mol. The fraction of sp³-hybridized carbons (Fsp3) is 0.545. The molecule has 1 nitrogen and oxygen atoms in total. The topological polar surface area (TPSA) is 17.1 Å². The summed E-state index contributed by atoms with van der Waals surface area (Å²) in [6.07, 6.45) is 1.72. The molecule has 0 aromatic carbocycles. The highest BCUT2D eigenvalue weighted by molar-refractivity contribution is 9.10. The van der Waals surface area contributed by atoms with Gasteiger partial charge in [-0.2, -0.15) is 0 Å². The minimum Gasteiger partial charge on any atom is -0.293 e. The van der Waals surface area contributed by atoms with Crippen molar-refractivity contribution >= 4 is 33.0 Å². The summed E-state index contributed by atoms with van der Waals surface area (Å²) in [6, 6.07) is 2.01. The zero-order chi connectivity index (χ0) is 10.7. The average Bonchev–Trinajstić information content (AvgIpc) is 2.45. The lowest BCUT2D eigenvalue weighted by molar-refractivity contribution is 0.0967. The van der Waals surface area contributed by atoms with Crippen molar-refractivity contribution in [2.24, 2.45) is 5.92 Å². The predicted octanol–water partition coefficient (Wildman–Crippen LogP) is 4.44. The van der Waals surface area contributed by atoms with Crippen molar-refractivity contribution in [1.82, 2.24) is 0 Å². The van der Waals surface area contributed by atoms with Gasteiger partial charge in [-0.3, -0.25) is 4.79 Å². The van der Waals surface area contributed by atoms with Gasteiger partial charge in [0.15, 0.2) is 5.78 Å². The van der Waals surface area contributed by atoms with Crippen LogP contribution >= 0.6 is 27.3 Å². The first-order valence-corrected chi connectivity index (χ1v) is 6.44. The maximum absolute atomic E-state index is 11.8. The minimum atomic E-state index is 0.268. The number of carbonyl (C=O) groups is 1. The Kier molecular flexibility index (Phi) is 4.32. The van der Waals surface area contributed by atoms with E-state index in [1.54, 1.807) is 11.3 Å². The number of Topliss-reactive ketones (excluding diaryl/α,β-unsaturated/α-hetero) is 1. The standard InChI is InChI=1S/C11H15BrOS/c1-4-7(2)5-10(13)11-9(12)6-8(3)14-11/h6-7H,4-5H2,1-3H3. The maximum atomic E-state index is 11.8. The van der Waals surface area contributed by atoms with Gasteiger partial charge in [-0.05, 0) is 34.8 Å². The van der Waals surface area contributed by atoms with Crippen LogP contribution in [0.2, 0.25) is 0 Å². The van der Waals surface area contributed by atoms with Crippen LogP contribution in [0.25, 0.3) is 0 Å². The van der Waals surface area contributed by atoms with E-state index in [2.05, 4.69) is 29.8 Å². The molecule has 1 rings (SSSR count). The van der Waals surface area contributed by atoms with Gasteiger partial charge in [0.25, 0.3) is 0 Å². The number of rotatable bonds is 4. The van der Waals surface area contributed by atoms with Crippen LogP contribution in [0.3, 0.4) is 0 Å². The van der Waals surface area contributed by atoms with E-state index in [1.165, 1.54) is 4.88 Å². The normalized spacial score (nSPS) is 12.9. The second-order valence-corrected chi connectivity index (χ2v) is 5.79. The molecule has 0 saturated carbocycles. The van der Waals surface area contributed by atoms with Gasteiger partial charge in [-0.15, -0.1) is 11.3 Å². The average molecular weight is 275 g/mol. The smallest absolute Gasteiger partial charge is 0.174 e. The van der Waals surface area contributed by atoms with Gasteiger partial charge in [-0.1, -0.05) is 20.3 Å². The van der Waals surface area contributed by atoms with E-state index in [-0.39, 0.29) is 5.78 Å². The van der Waals surface area contributed by atoms with E-state index in [1.807, 2.05) is 13.0 Å². The largest absolute Gasteiger partial charge is 0.293 e. The molecule has 1 heterocycles. The van der Waals surface area contributed by atoms with E-state index >= 15 is 0 Å². The van der Waals surface area contributed by atoms with Crippen molar-refractivity contribution in [3.8, 4) is 0 Å². The summed E-state index contributed by atoms with van der Waals surface area (Å²) in [5.41, 5.74) is 0. The third-order valence-corrected chi connectivity index (χ3v) is 4.27. The van der Waals surface area contributed by atoms with Crippen LogP contribution in [0.15, 0.2) is 10.5 Å². The molecule has 0 bridgehead atoms. The van der Waals surface area contributed by atoms with E-state index < -0.39 is 0 Å². The molecule has 0 fully saturated rings. The first-order valence-electron chi connectivity index (χ1n) is 4.83. The number of carbonyl (C=O) groups excluding carboxylic acids is 1. The highest BCUT2D eigenvalue weighted by Gasteiger charge is 2.15. The summed E-state index contributed by atoms with van der Waals surface area (Å²) in [6.45, 7) is 6.26. The molecule has 1 aromatic rings. The molecule has 0 amide bonds. The van der Waals surface area contributed by atoms with E-state index in [4.69, 9.17) is 0 Å². The summed E-state index contributed by atoms with van der Waals surface area (Å²) in [7, 11) is 0. The maximum Gasteiger partial charge on any atom is 0.174 e. The summed E-state index contributed by atoms with van der Waals surface area (Å²) in [5, 5.41) is 0.